The Kier molecular flexibility index (Phi) is 4.94. The molecule has 0 radical (unpaired) electrons. The SMILES string of the molecule is CCOC(=O)c1c(-c2ccccc2)csc1NCC(=O)O. The Bertz CT molecular complexity index is 636. The van der Waals surface area contributed by atoms with Crippen molar-refractivity contribution in [2.75, 3.05) is 18.5 Å². The van der Waals surface area contributed by atoms with Crippen molar-refractivity contribution in [3.63, 3.8) is 0 Å². The Labute approximate surface area is 126 Å². The summed E-state index contributed by atoms with van der Waals surface area (Å²) in [7, 11) is 0. The summed E-state index contributed by atoms with van der Waals surface area (Å²) in [6, 6.07) is 9.44. The highest BCUT2D eigenvalue weighted by molar-refractivity contribution is 7.15. The maximum Gasteiger partial charge on any atom is 0.341 e. The van der Waals surface area contributed by atoms with Gasteiger partial charge in [0.1, 0.15) is 17.1 Å². The Morgan fingerprint density at radius 3 is 2.62 bits per heavy atom. The minimum Gasteiger partial charge on any atom is -0.480 e. The zero-order valence-corrected chi connectivity index (χ0v) is 12.3. The van der Waals surface area contributed by atoms with Crippen LogP contribution in [0, 0.1) is 0 Å². The van der Waals surface area contributed by atoms with Crippen LogP contribution < -0.4 is 5.32 Å². The van der Waals surface area contributed by atoms with E-state index in [1.807, 2.05) is 35.7 Å². The highest BCUT2D eigenvalue weighted by atomic mass is 32.1. The lowest BCUT2D eigenvalue weighted by Gasteiger charge is -2.08. The molecule has 0 bridgehead atoms. The van der Waals surface area contributed by atoms with Crippen LogP contribution in [-0.2, 0) is 9.53 Å². The lowest BCUT2D eigenvalue weighted by molar-refractivity contribution is -0.134. The molecule has 2 N–H and O–H groups in total. The molecule has 6 heteroatoms. The smallest absolute Gasteiger partial charge is 0.341 e. The number of thiophene rings is 1. The second-order valence-corrected chi connectivity index (χ2v) is 5.07. The number of carboxylic acid groups (broad SMARTS) is 1. The average molecular weight is 305 g/mol. The van der Waals surface area contributed by atoms with Crippen LogP contribution in [0.4, 0.5) is 5.00 Å². The molecule has 0 spiro atoms. The van der Waals surface area contributed by atoms with Gasteiger partial charge in [-0.05, 0) is 12.5 Å². The summed E-state index contributed by atoms with van der Waals surface area (Å²) in [6.07, 6.45) is 0. The number of carbonyl (C=O) groups is 2. The number of nitrogens with one attached hydrogen (secondary N) is 1. The maximum atomic E-state index is 12.2. The van der Waals surface area contributed by atoms with Gasteiger partial charge in [-0.1, -0.05) is 30.3 Å². The summed E-state index contributed by atoms with van der Waals surface area (Å²) >= 11 is 1.29. The molecule has 0 aliphatic rings. The average Bonchev–Trinajstić information content (AvgIpc) is 2.90. The number of esters is 1. The van der Waals surface area contributed by atoms with Gasteiger partial charge in [0.15, 0.2) is 0 Å². The van der Waals surface area contributed by atoms with Crippen LogP contribution in [0.5, 0.6) is 0 Å². The topological polar surface area (TPSA) is 75.6 Å². The Hall–Kier alpha value is -2.34. The summed E-state index contributed by atoms with van der Waals surface area (Å²) in [5.74, 6) is -1.44. The zero-order chi connectivity index (χ0) is 15.2. The Morgan fingerprint density at radius 1 is 1.29 bits per heavy atom. The molecule has 0 fully saturated rings. The van der Waals surface area contributed by atoms with E-state index in [2.05, 4.69) is 5.32 Å². The van der Waals surface area contributed by atoms with Gasteiger partial charge in [-0.15, -0.1) is 11.3 Å². The molecule has 0 saturated heterocycles. The lowest BCUT2D eigenvalue weighted by Crippen LogP contribution is -2.14. The fourth-order valence-corrected chi connectivity index (χ4v) is 2.84. The Balaban J connectivity index is 2.41. The van der Waals surface area contributed by atoms with Crippen LogP contribution in [-0.4, -0.2) is 30.2 Å². The number of hydrogen-bond acceptors (Lipinski definition) is 5. The van der Waals surface area contributed by atoms with Crippen molar-refractivity contribution >= 4 is 28.3 Å². The first-order chi connectivity index (χ1) is 10.1. The van der Waals surface area contributed by atoms with Crippen molar-refractivity contribution in [2.45, 2.75) is 6.92 Å². The summed E-state index contributed by atoms with van der Waals surface area (Å²) in [4.78, 5) is 22.8. The molecule has 1 aromatic carbocycles. The van der Waals surface area contributed by atoms with E-state index in [1.54, 1.807) is 6.92 Å². The molecule has 0 atom stereocenters. The van der Waals surface area contributed by atoms with Crippen molar-refractivity contribution in [3.05, 3.63) is 41.3 Å². The predicted molar refractivity (Wildman–Crippen MR) is 81.8 cm³/mol. The monoisotopic (exact) mass is 305 g/mol. The van der Waals surface area contributed by atoms with Crippen LogP contribution >= 0.6 is 11.3 Å². The molecule has 110 valence electrons. The van der Waals surface area contributed by atoms with Crippen molar-refractivity contribution in [1.29, 1.82) is 0 Å². The molecular weight excluding hydrogens is 290 g/mol. The van der Waals surface area contributed by atoms with E-state index in [4.69, 9.17) is 9.84 Å². The maximum absolute atomic E-state index is 12.2. The van der Waals surface area contributed by atoms with E-state index in [0.29, 0.717) is 10.6 Å². The number of carbonyl (C=O) groups excluding carboxylic acids is 1. The molecule has 21 heavy (non-hydrogen) atoms. The van der Waals surface area contributed by atoms with Gasteiger partial charge in [0.2, 0.25) is 0 Å². The van der Waals surface area contributed by atoms with Crippen molar-refractivity contribution in [3.8, 4) is 11.1 Å². The number of ether oxygens (including phenoxy) is 1. The second-order valence-electron chi connectivity index (χ2n) is 4.19. The van der Waals surface area contributed by atoms with Crippen LogP contribution in [0.1, 0.15) is 17.3 Å². The van der Waals surface area contributed by atoms with Crippen molar-refractivity contribution < 1.29 is 19.4 Å². The molecule has 0 unspecified atom stereocenters. The first-order valence-electron chi connectivity index (χ1n) is 6.43. The summed E-state index contributed by atoms with van der Waals surface area (Å²) in [5.41, 5.74) is 2.02. The Morgan fingerprint density at radius 2 is 2.00 bits per heavy atom. The largest absolute Gasteiger partial charge is 0.480 e. The van der Waals surface area contributed by atoms with Crippen LogP contribution in [0.2, 0.25) is 0 Å². The van der Waals surface area contributed by atoms with Gasteiger partial charge in [-0.3, -0.25) is 4.79 Å². The molecule has 1 aromatic heterocycles. The number of benzene rings is 1. The van der Waals surface area contributed by atoms with Gasteiger partial charge in [0.25, 0.3) is 0 Å². The van der Waals surface area contributed by atoms with Crippen molar-refractivity contribution in [1.82, 2.24) is 0 Å². The predicted octanol–water partition coefficient (Wildman–Crippen LogP) is 3.09. The third-order valence-electron chi connectivity index (χ3n) is 2.76. The summed E-state index contributed by atoms with van der Waals surface area (Å²) < 4.78 is 5.08. The molecule has 5 nitrogen and oxygen atoms in total. The first kappa shape index (κ1) is 15.1. The zero-order valence-electron chi connectivity index (χ0n) is 11.5. The lowest BCUT2D eigenvalue weighted by atomic mass is 10.0. The summed E-state index contributed by atoms with van der Waals surface area (Å²) in [5, 5.41) is 13.9. The normalized spacial score (nSPS) is 10.1. The van der Waals surface area contributed by atoms with E-state index in [9.17, 15) is 9.59 Å². The highest BCUT2D eigenvalue weighted by Crippen LogP contribution is 2.36. The molecular formula is C15H15NO4S. The number of rotatable bonds is 6. The van der Waals surface area contributed by atoms with E-state index >= 15 is 0 Å². The standard InChI is InChI=1S/C15H15NO4S/c1-2-20-15(19)13-11(10-6-4-3-5-7-10)9-21-14(13)16-8-12(17)18/h3-7,9,16H,2,8H2,1H3,(H,17,18). The molecule has 0 amide bonds. The van der Waals surface area contributed by atoms with Gasteiger partial charge < -0.3 is 15.2 Å². The fourth-order valence-electron chi connectivity index (χ4n) is 1.88. The minimum absolute atomic E-state index is 0.249. The molecule has 1 heterocycles. The number of hydrogen-bond donors (Lipinski definition) is 2. The van der Waals surface area contributed by atoms with Gasteiger partial charge in [0.05, 0.1) is 6.61 Å². The van der Waals surface area contributed by atoms with E-state index in [1.165, 1.54) is 11.3 Å². The first-order valence-corrected chi connectivity index (χ1v) is 7.31. The number of aliphatic carboxylic acids is 1. The highest BCUT2D eigenvalue weighted by Gasteiger charge is 2.21. The molecule has 0 aliphatic heterocycles. The number of anilines is 1. The quantitative estimate of drug-likeness (QED) is 0.802. The van der Waals surface area contributed by atoms with Gasteiger partial charge in [-0.2, -0.15) is 0 Å². The fraction of sp³-hybridized carbons (Fsp3) is 0.200. The molecule has 0 saturated carbocycles. The van der Waals surface area contributed by atoms with Gasteiger partial charge in [-0.25, -0.2) is 4.79 Å². The third kappa shape index (κ3) is 3.61. The summed E-state index contributed by atoms with van der Waals surface area (Å²) in [6.45, 7) is 1.75. The van der Waals surface area contributed by atoms with E-state index in [0.717, 1.165) is 11.1 Å². The van der Waals surface area contributed by atoms with Gasteiger partial charge >= 0.3 is 11.9 Å². The van der Waals surface area contributed by atoms with Crippen LogP contribution in [0.15, 0.2) is 35.7 Å². The number of carboxylic acids is 1. The van der Waals surface area contributed by atoms with E-state index in [-0.39, 0.29) is 13.2 Å². The second kappa shape index (κ2) is 6.90. The van der Waals surface area contributed by atoms with Crippen molar-refractivity contribution in [2.24, 2.45) is 0 Å². The van der Waals surface area contributed by atoms with E-state index < -0.39 is 11.9 Å². The van der Waals surface area contributed by atoms with Crippen LogP contribution in [0.3, 0.4) is 0 Å². The third-order valence-corrected chi connectivity index (χ3v) is 3.69. The minimum atomic E-state index is -0.987. The van der Waals surface area contributed by atoms with Crippen LogP contribution in [0.25, 0.3) is 11.1 Å². The molecule has 2 aromatic rings. The van der Waals surface area contributed by atoms with Gasteiger partial charge in [0, 0.05) is 10.9 Å². The molecule has 0 aliphatic carbocycles. The molecule has 2 rings (SSSR count).